The molecule has 2 rings (SSSR count). The van der Waals surface area contributed by atoms with Crippen LogP contribution in [-0.4, -0.2) is 11.9 Å². The summed E-state index contributed by atoms with van der Waals surface area (Å²) in [7, 11) is 0. The predicted molar refractivity (Wildman–Crippen MR) is 53.8 cm³/mol. The third-order valence-electron chi connectivity index (χ3n) is 2.33. The molecule has 3 N–H and O–H groups in total. The minimum atomic E-state index is -0.0261. The maximum atomic E-state index is 11.5. The summed E-state index contributed by atoms with van der Waals surface area (Å²) in [5.41, 5.74) is 6.20. The molecular formula is C9H12N2OS. The molecule has 0 aliphatic heterocycles. The van der Waals surface area contributed by atoms with E-state index in [0.29, 0.717) is 22.5 Å². The van der Waals surface area contributed by atoms with Crippen LogP contribution in [-0.2, 0) is 0 Å². The zero-order chi connectivity index (χ0) is 9.42. The Morgan fingerprint density at radius 3 is 2.92 bits per heavy atom. The van der Waals surface area contributed by atoms with Crippen molar-refractivity contribution in [1.29, 1.82) is 0 Å². The van der Waals surface area contributed by atoms with Gasteiger partial charge in [0.15, 0.2) is 0 Å². The SMILES string of the molecule is CC1CC1NC(=O)c1sccc1N. The first-order chi connectivity index (χ1) is 6.18. The summed E-state index contributed by atoms with van der Waals surface area (Å²) in [5, 5.41) is 4.77. The summed E-state index contributed by atoms with van der Waals surface area (Å²) in [5.74, 6) is 0.604. The first kappa shape index (κ1) is 8.56. The van der Waals surface area contributed by atoms with Crippen LogP contribution in [0, 0.1) is 5.92 Å². The van der Waals surface area contributed by atoms with Crippen molar-refractivity contribution in [1.82, 2.24) is 5.32 Å². The van der Waals surface area contributed by atoms with Gasteiger partial charge >= 0.3 is 0 Å². The van der Waals surface area contributed by atoms with Crippen molar-refractivity contribution in [3.05, 3.63) is 16.3 Å². The molecule has 1 fully saturated rings. The number of nitrogens with two attached hydrogens (primary N) is 1. The van der Waals surface area contributed by atoms with Gasteiger partial charge in [-0.2, -0.15) is 0 Å². The van der Waals surface area contributed by atoms with E-state index in [1.54, 1.807) is 6.07 Å². The van der Waals surface area contributed by atoms with Crippen LogP contribution in [0.15, 0.2) is 11.4 Å². The Labute approximate surface area is 80.9 Å². The van der Waals surface area contributed by atoms with Crippen LogP contribution in [0.4, 0.5) is 5.69 Å². The normalized spacial score (nSPS) is 25.6. The van der Waals surface area contributed by atoms with Crippen molar-refractivity contribution in [3.63, 3.8) is 0 Å². The summed E-state index contributed by atoms with van der Waals surface area (Å²) in [6, 6.07) is 2.13. The Balaban J connectivity index is 2.01. The zero-order valence-corrected chi connectivity index (χ0v) is 8.23. The van der Waals surface area contributed by atoms with E-state index in [4.69, 9.17) is 5.73 Å². The van der Waals surface area contributed by atoms with Gasteiger partial charge in [-0.05, 0) is 23.8 Å². The molecule has 0 bridgehead atoms. The molecule has 0 aromatic carbocycles. The molecule has 1 aliphatic rings. The van der Waals surface area contributed by atoms with Crippen LogP contribution in [0.5, 0.6) is 0 Å². The minimum Gasteiger partial charge on any atom is -0.397 e. The fraction of sp³-hybridized carbons (Fsp3) is 0.444. The van der Waals surface area contributed by atoms with E-state index in [-0.39, 0.29) is 5.91 Å². The topological polar surface area (TPSA) is 55.1 Å². The number of thiophene rings is 1. The molecule has 0 radical (unpaired) electrons. The molecule has 1 aromatic heterocycles. The molecule has 70 valence electrons. The Morgan fingerprint density at radius 2 is 2.46 bits per heavy atom. The van der Waals surface area contributed by atoms with Crippen molar-refractivity contribution in [2.75, 3.05) is 5.73 Å². The van der Waals surface area contributed by atoms with E-state index in [1.807, 2.05) is 5.38 Å². The molecule has 1 saturated carbocycles. The molecule has 3 nitrogen and oxygen atoms in total. The average Bonchev–Trinajstić information content (AvgIpc) is 2.62. The predicted octanol–water partition coefficient (Wildman–Crippen LogP) is 1.47. The number of carbonyl (C=O) groups is 1. The van der Waals surface area contributed by atoms with Gasteiger partial charge in [-0.1, -0.05) is 6.92 Å². The standard InChI is InChI=1S/C9H12N2OS/c1-5-4-7(5)11-9(12)8-6(10)2-3-13-8/h2-3,5,7H,4,10H2,1H3,(H,11,12). The Hall–Kier alpha value is -1.03. The zero-order valence-electron chi connectivity index (χ0n) is 7.41. The van der Waals surface area contributed by atoms with Gasteiger partial charge in [0, 0.05) is 6.04 Å². The summed E-state index contributed by atoms with van der Waals surface area (Å²) >= 11 is 1.39. The lowest BCUT2D eigenvalue weighted by Gasteiger charge is -2.01. The highest BCUT2D eigenvalue weighted by molar-refractivity contribution is 7.12. The van der Waals surface area contributed by atoms with Crippen LogP contribution in [0.25, 0.3) is 0 Å². The summed E-state index contributed by atoms with van der Waals surface area (Å²) in [6.45, 7) is 2.13. The second-order valence-corrected chi connectivity index (χ2v) is 4.41. The third-order valence-corrected chi connectivity index (χ3v) is 3.26. The first-order valence-corrected chi connectivity index (χ1v) is 5.20. The van der Waals surface area contributed by atoms with Crippen LogP contribution in [0.1, 0.15) is 23.0 Å². The van der Waals surface area contributed by atoms with Crippen LogP contribution in [0.3, 0.4) is 0 Å². The van der Waals surface area contributed by atoms with E-state index in [1.165, 1.54) is 11.3 Å². The third kappa shape index (κ3) is 1.67. The number of rotatable bonds is 2. The fourth-order valence-corrected chi connectivity index (χ4v) is 1.98. The molecular weight excluding hydrogens is 184 g/mol. The second kappa shape index (κ2) is 3.03. The summed E-state index contributed by atoms with van der Waals surface area (Å²) in [6.07, 6.45) is 1.09. The van der Waals surface area contributed by atoms with Gasteiger partial charge < -0.3 is 11.1 Å². The molecule has 2 atom stereocenters. The van der Waals surface area contributed by atoms with Gasteiger partial charge in [-0.3, -0.25) is 4.79 Å². The lowest BCUT2D eigenvalue weighted by atomic mass is 10.3. The van der Waals surface area contributed by atoms with Gasteiger partial charge in [0.1, 0.15) is 4.88 Å². The van der Waals surface area contributed by atoms with E-state index < -0.39 is 0 Å². The number of carbonyl (C=O) groups excluding carboxylic acids is 1. The molecule has 4 heteroatoms. The molecule has 2 unspecified atom stereocenters. The number of hydrogen-bond donors (Lipinski definition) is 2. The maximum absolute atomic E-state index is 11.5. The van der Waals surface area contributed by atoms with Crippen LogP contribution >= 0.6 is 11.3 Å². The highest BCUT2D eigenvalue weighted by Gasteiger charge is 2.34. The van der Waals surface area contributed by atoms with E-state index >= 15 is 0 Å². The lowest BCUT2D eigenvalue weighted by molar-refractivity contribution is 0.0954. The van der Waals surface area contributed by atoms with Crippen molar-refractivity contribution in [2.45, 2.75) is 19.4 Å². The molecule has 1 aromatic rings. The first-order valence-electron chi connectivity index (χ1n) is 4.32. The molecule has 13 heavy (non-hydrogen) atoms. The number of nitrogen functional groups attached to an aromatic ring is 1. The van der Waals surface area contributed by atoms with E-state index in [0.717, 1.165) is 6.42 Å². The lowest BCUT2D eigenvalue weighted by Crippen LogP contribution is -2.26. The van der Waals surface area contributed by atoms with Crippen molar-refractivity contribution in [2.24, 2.45) is 5.92 Å². The van der Waals surface area contributed by atoms with Gasteiger partial charge in [0.2, 0.25) is 0 Å². The highest BCUT2D eigenvalue weighted by atomic mass is 32.1. The number of nitrogens with one attached hydrogen (secondary N) is 1. The molecule has 1 aliphatic carbocycles. The second-order valence-electron chi connectivity index (χ2n) is 3.50. The molecule has 1 amide bonds. The summed E-state index contributed by atoms with van der Waals surface area (Å²) in [4.78, 5) is 12.2. The van der Waals surface area contributed by atoms with Crippen molar-refractivity contribution in [3.8, 4) is 0 Å². The quantitative estimate of drug-likeness (QED) is 0.752. The largest absolute Gasteiger partial charge is 0.397 e. The maximum Gasteiger partial charge on any atom is 0.263 e. The Morgan fingerprint density at radius 1 is 1.77 bits per heavy atom. The van der Waals surface area contributed by atoms with Crippen molar-refractivity contribution < 1.29 is 4.79 Å². The van der Waals surface area contributed by atoms with Crippen molar-refractivity contribution >= 4 is 22.9 Å². The van der Waals surface area contributed by atoms with Gasteiger partial charge in [0.25, 0.3) is 5.91 Å². The molecule has 1 heterocycles. The van der Waals surface area contributed by atoms with E-state index in [9.17, 15) is 4.79 Å². The average molecular weight is 196 g/mol. The molecule has 0 saturated heterocycles. The van der Waals surface area contributed by atoms with Gasteiger partial charge in [0.05, 0.1) is 5.69 Å². The Bertz CT molecular complexity index is 334. The van der Waals surface area contributed by atoms with E-state index in [2.05, 4.69) is 12.2 Å². The van der Waals surface area contributed by atoms with Crippen LogP contribution in [0.2, 0.25) is 0 Å². The van der Waals surface area contributed by atoms with Gasteiger partial charge in [-0.25, -0.2) is 0 Å². The number of amides is 1. The van der Waals surface area contributed by atoms with Crippen LogP contribution < -0.4 is 11.1 Å². The number of hydrogen-bond acceptors (Lipinski definition) is 3. The number of anilines is 1. The fourth-order valence-electron chi connectivity index (χ4n) is 1.26. The highest BCUT2D eigenvalue weighted by Crippen LogP contribution is 2.30. The van der Waals surface area contributed by atoms with Gasteiger partial charge in [-0.15, -0.1) is 11.3 Å². The smallest absolute Gasteiger partial charge is 0.263 e. The molecule has 0 spiro atoms. The minimum absolute atomic E-state index is 0.0261. The monoisotopic (exact) mass is 196 g/mol. The summed E-state index contributed by atoms with van der Waals surface area (Å²) < 4.78 is 0. The Kier molecular flexibility index (Phi) is 2.00.